The molecule has 1 saturated carbocycles. The van der Waals surface area contributed by atoms with E-state index in [0.29, 0.717) is 42.3 Å². The Morgan fingerprint density at radius 3 is 2.22 bits per heavy atom. The Labute approximate surface area is 213 Å². The van der Waals surface area contributed by atoms with Crippen LogP contribution in [0.4, 0.5) is 11.8 Å². The lowest BCUT2D eigenvalue weighted by Gasteiger charge is -2.35. The van der Waals surface area contributed by atoms with Crippen LogP contribution in [-0.4, -0.2) is 74.3 Å². The number of methoxy groups -OCH3 is 3. The Balaban J connectivity index is 1.36. The third kappa shape index (κ3) is 6.19. The van der Waals surface area contributed by atoms with Gasteiger partial charge >= 0.3 is 0 Å². The summed E-state index contributed by atoms with van der Waals surface area (Å²) in [5.74, 6) is 3.23. The largest absolute Gasteiger partial charge is 0.493 e. The van der Waals surface area contributed by atoms with Crippen LogP contribution < -0.4 is 24.4 Å². The van der Waals surface area contributed by atoms with E-state index in [9.17, 15) is 4.79 Å². The molecular weight excluding hydrogens is 458 g/mol. The summed E-state index contributed by atoms with van der Waals surface area (Å²) in [6.45, 7) is 4.72. The first-order valence-corrected chi connectivity index (χ1v) is 12.6. The van der Waals surface area contributed by atoms with Crippen molar-refractivity contribution in [2.24, 2.45) is 0 Å². The number of ether oxygens (including phenoxy) is 3. The third-order valence-corrected chi connectivity index (χ3v) is 6.80. The molecule has 1 aliphatic heterocycles. The average molecular weight is 496 g/mol. The van der Waals surface area contributed by atoms with Crippen LogP contribution in [0.1, 0.15) is 43.4 Å². The Hall–Kier alpha value is -3.49. The molecule has 2 fully saturated rings. The minimum atomic E-state index is -0.0260. The van der Waals surface area contributed by atoms with Crippen LogP contribution in [0.25, 0.3) is 6.08 Å². The van der Waals surface area contributed by atoms with Gasteiger partial charge in [-0.1, -0.05) is 19.3 Å². The van der Waals surface area contributed by atoms with E-state index in [4.69, 9.17) is 19.2 Å². The molecule has 1 aliphatic carbocycles. The van der Waals surface area contributed by atoms with E-state index in [1.165, 1.54) is 32.1 Å². The first kappa shape index (κ1) is 25.6. The standard InChI is InChI=1S/C27H37N5O4/c1-19-16-24(30-27(28-19)29-21-8-6-5-7-9-21)31-12-14-32(15-13-31)25(33)11-10-20-17-22(34-2)26(36-4)23(18-20)35-3/h10-11,16-18,21H,5-9,12-15H2,1-4H3,(H,28,29,30)/b11-10+. The van der Waals surface area contributed by atoms with E-state index in [1.807, 2.05) is 30.0 Å². The molecule has 0 spiro atoms. The van der Waals surface area contributed by atoms with Crippen LogP contribution in [-0.2, 0) is 4.79 Å². The van der Waals surface area contributed by atoms with Gasteiger partial charge in [0.25, 0.3) is 0 Å². The van der Waals surface area contributed by atoms with Gasteiger partial charge < -0.3 is 29.3 Å². The van der Waals surface area contributed by atoms with Gasteiger partial charge in [0.1, 0.15) is 5.82 Å². The molecule has 2 aliphatic rings. The minimum absolute atomic E-state index is 0.0260. The molecule has 1 amide bonds. The van der Waals surface area contributed by atoms with Crippen LogP contribution in [0, 0.1) is 6.92 Å². The molecule has 9 heteroatoms. The van der Waals surface area contributed by atoms with Gasteiger partial charge in [0.2, 0.25) is 17.6 Å². The molecule has 0 unspecified atom stereocenters. The zero-order valence-corrected chi connectivity index (χ0v) is 21.7. The van der Waals surface area contributed by atoms with Crippen molar-refractivity contribution in [1.29, 1.82) is 0 Å². The molecule has 1 N–H and O–H groups in total. The molecule has 1 saturated heterocycles. The van der Waals surface area contributed by atoms with E-state index in [-0.39, 0.29) is 5.91 Å². The first-order valence-electron chi connectivity index (χ1n) is 12.6. The number of carbonyl (C=O) groups excluding carboxylic acids is 1. The van der Waals surface area contributed by atoms with Crippen molar-refractivity contribution < 1.29 is 19.0 Å². The number of aromatic nitrogens is 2. The van der Waals surface area contributed by atoms with Crippen molar-refractivity contribution in [2.45, 2.75) is 45.1 Å². The maximum atomic E-state index is 12.9. The second-order valence-corrected chi connectivity index (χ2v) is 9.27. The third-order valence-electron chi connectivity index (χ3n) is 6.80. The van der Waals surface area contributed by atoms with Gasteiger partial charge in [-0.25, -0.2) is 4.98 Å². The van der Waals surface area contributed by atoms with Gasteiger partial charge in [-0.3, -0.25) is 4.79 Å². The fourth-order valence-electron chi connectivity index (χ4n) is 4.83. The maximum Gasteiger partial charge on any atom is 0.246 e. The molecule has 36 heavy (non-hydrogen) atoms. The molecule has 0 atom stereocenters. The summed E-state index contributed by atoms with van der Waals surface area (Å²) < 4.78 is 16.2. The predicted molar refractivity (Wildman–Crippen MR) is 141 cm³/mol. The lowest BCUT2D eigenvalue weighted by atomic mass is 9.96. The molecule has 0 bridgehead atoms. The van der Waals surface area contributed by atoms with Crippen molar-refractivity contribution in [3.63, 3.8) is 0 Å². The van der Waals surface area contributed by atoms with Crippen LogP contribution >= 0.6 is 0 Å². The number of amides is 1. The number of hydrogen-bond donors (Lipinski definition) is 1. The van der Waals surface area contributed by atoms with Crippen molar-refractivity contribution in [2.75, 3.05) is 57.7 Å². The van der Waals surface area contributed by atoms with Gasteiger partial charge in [0.05, 0.1) is 21.3 Å². The highest BCUT2D eigenvalue weighted by molar-refractivity contribution is 5.92. The fourth-order valence-corrected chi connectivity index (χ4v) is 4.83. The van der Waals surface area contributed by atoms with Gasteiger partial charge in [0, 0.05) is 50.1 Å². The number of nitrogens with zero attached hydrogens (tertiary/aromatic N) is 4. The lowest BCUT2D eigenvalue weighted by Crippen LogP contribution is -2.48. The number of anilines is 2. The van der Waals surface area contributed by atoms with Crippen molar-refractivity contribution in [3.8, 4) is 17.2 Å². The molecule has 2 aromatic rings. The van der Waals surface area contributed by atoms with Crippen LogP contribution in [0.3, 0.4) is 0 Å². The minimum Gasteiger partial charge on any atom is -0.493 e. The number of benzene rings is 1. The summed E-state index contributed by atoms with van der Waals surface area (Å²) in [4.78, 5) is 26.4. The summed E-state index contributed by atoms with van der Waals surface area (Å²) in [6, 6.07) is 6.12. The van der Waals surface area contributed by atoms with E-state index in [2.05, 4.69) is 15.2 Å². The smallest absolute Gasteiger partial charge is 0.246 e. The number of nitrogens with one attached hydrogen (secondary N) is 1. The maximum absolute atomic E-state index is 12.9. The van der Waals surface area contributed by atoms with Gasteiger partial charge in [-0.15, -0.1) is 0 Å². The number of piperazine rings is 1. The fraction of sp³-hybridized carbons (Fsp3) is 0.519. The molecule has 2 heterocycles. The van der Waals surface area contributed by atoms with E-state index in [1.54, 1.807) is 33.5 Å². The van der Waals surface area contributed by atoms with Gasteiger partial charge in [0.15, 0.2) is 11.5 Å². The van der Waals surface area contributed by atoms with Crippen LogP contribution in [0.5, 0.6) is 17.2 Å². The van der Waals surface area contributed by atoms with Crippen molar-refractivity contribution in [3.05, 3.63) is 35.5 Å². The van der Waals surface area contributed by atoms with E-state index in [0.717, 1.165) is 30.2 Å². The quantitative estimate of drug-likeness (QED) is 0.552. The Kier molecular flexibility index (Phi) is 8.51. The van der Waals surface area contributed by atoms with E-state index < -0.39 is 0 Å². The Morgan fingerprint density at radius 2 is 1.61 bits per heavy atom. The highest BCUT2D eigenvalue weighted by Crippen LogP contribution is 2.38. The monoisotopic (exact) mass is 495 g/mol. The zero-order chi connectivity index (χ0) is 25.5. The lowest BCUT2D eigenvalue weighted by molar-refractivity contribution is -0.126. The SMILES string of the molecule is COc1cc(/C=C/C(=O)N2CCN(c3cc(C)nc(NC4CCCCC4)n3)CC2)cc(OC)c1OC. The normalized spacial score (nSPS) is 16.8. The number of hydrogen-bond acceptors (Lipinski definition) is 8. The molecule has 9 nitrogen and oxygen atoms in total. The average Bonchev–Trinajstić information content (AvgIpc) is 2.91. The number of aryl methyl sites for hydroxylation is 1. The van der Waals surface area contributed by atoms with Crippen molar-refractivity contribution in [1.82, 2.24) is 14.9 Å². The van der Waals surface area contributed by atoms with Gasteiger partial charge in [-0.2, -0.15) is 4.98 Å². The Morgan fingerprint density at radius 1 is 0.944 bits per heavy atom. The van der Waals surface area contributed by atoms with Gasteiger partial charge in [-0.05, 0) is 43.5 Å². The van der Waals surface area contributed by atoms with Crippen LogP contribution in [0.15, 0.2) is 24.3 Å². The second kappa shape index (κ2) is 12.0. The van der Waals surface area contributed by atoms with Crippen LogP contribution in [0.2, 0.25) is 0 Å². The Bertz CT molecular complexity index is 1050. The number of rotatable bonds is 8. The zero-order valence-electron chi connectivity index (χ0n) is 21.7. The molecular formula is C27H37N5O4. The summed E-state index contributed by atoms with van der Waals surface area (Å²) in [5.41, 5.74) is 1.75. The molecule has 1 aromatic heterocycles. The first-order chi connectivity index (χ1) is 17.5. The number of carbonyl (C=O) groups is 1. The van der Waals surface area contributed by atoms with E-state index >= 15 is 0 Å². The summed E-state index contributed by atoms with van der Waals surface area (Å²) in [5, 5.41) is 3.54. The molecule has 0 radical (unpaired) electrons. The predicted octanol–water partition coefficient (Wildman–Crippen LogP) is 3.92. The second-order valence-electron chi connectivity index (χ2n) is 9.27. The highest BCUT2D eigenvalue weighted by atomic mass is 16.5. The molecule has 194 valence electrons. The summed E-state index contributed by atoms with van der Waals surface area (Å²) in [7, 11) is 4.71. The highest BCUT2D eigenvalue weighted by Gasteiger charge is 2.22. The summed E-state index contributed by atoms with van der Waals surface area (Å²) in [6.07, 6.45) is 9.57. The topological polar surface area (TPSA) is 89.1 Å². The molecule has 4 rings (SSSR count). The van der Waals surface area contributed by atoms with Crippen molar-refractivity contribution >= 4 is 23.7 Å². The molecule has 1 aromatic carbocycles. The summed E-state index contributed by atoms with van der Waals surface area (Å²) >= 11 is 0.